The Morgan fingerprint density at radius 3 is 1.46 bits per heavy atom. The zero-order chi connectivity index (χ0) is 41.7. The summed E-state index contributed by atoms with van der Waals surface area (Å²) in [5, 5.41) is 4.86. The van der Waals surface area contributed by atoms with E-state index in [2.05, 4.69) is 235 Å². The van der Waals surface area contributed by atoms with Gasteiger partial charge >= 0.3 is 0 Å². The molecule has 63 heavy (non-hydrogen) atoms. The molecule has 0 spiro atoms. The summed E-state index contributed by atoms with van der Waals surface area (Å²) in [5.41, 5.74) is 16.8. The predicted molar refractivity (Wildman–Crippen MR) is 268 cm³/mol. The van der Waals surface area contributed by atoms with Crippen molar-refractivity contribution in [1.82, 2.24) is 0 Å². The van der Waals surface area contributed by atoms with E-state index in [0.29, 0.717) is 0 Å². The molecule has 2 nitrogen and oxygen atoms in total. The molecule has 0 unspecified atom stereocenters. The predicted octanol–water partition coefficient (Wildman–Crippen LogP) is 17.8. The molecule has 0 bridgehead atoms. The summed E-state index contributed by atoms with van der Waals surface area (Å²) in [5.74, 6) is 0. The van der Waals surface area contributed by atoms with Gasteiger partial charge in [-0.05, 0) is 117 Å². The van der Waals surface area contributed by atoms with Gasteiger partial charge in [-0.1, -0.05) is 170 Å². The molecule has 12 aromatic rings. The molecule has 0 N–H and O–H groups in total. The molecule has 10 aromatic carbocycles. The van der Waals surface area contributed by atoms with Crippen molar-refractivity contribution in [3.05, 3.63) is 237 Å². The summed E-state index contributed by atoms with van der Waals surface area (Å²) < 4.78 is 9.15. The molecule has 0 saturated heterocycles. The molecule has 2 aromatic heterocycles. The van der Waals surface area contributed by atoms with Crippen molar-refractivity contribution < 1.29 is 4.42 Å². The average Bonchev–Trinajstić information content (AvgIpc) is 3.93. The second kappa shape index (κ2) is 15.5. The first-order valence-electron chi connectivity index (χ1n) is 21.4. The Bertz CT molecular complexity index is 3590. The van der Waals surface area contributed by atoms with Crippen LogP contribution in [0.2, 0.25) is 0 Å². The Morgan fingerprint density at radius 2 is 0.794 bits per heavy atom. The number of nitrogens with zero attached hydrogens (tertiary/aromatic N) is 1. The van der Waals surface area contributed by atoms with Crippen molar-refractivity contribution in [2.45, 2.75) is 0 Å². The third-order valence-corrected chi connectivity index (χ3v) is 13.5. The van der Waals surface area contributed by atoms with Gasteiger partial charge in [-0.2, -0.15) is 0 Å². The largest absolute Gasteiger partial charge is 0.455 e. The van der Waals surface area contributed by atoms with Gasteiger partial charge in [-0.25, -0.2) is 0 Å². The van der Waals surface area contributed by atoms with E-state index in [9.17, 15) is 0 Å². The Hall–Kier alpha value is -7.98. The Labute approximate surface area is 370 Å². The second-order valence-electron chi connectivity index (χ2n) is 16.1. The number of fused-ring (bicyclic) bond motifs is 6. The SMILES string of the molecule is c1ccc(-c2ccc(N(c3ccc(-c4ccc5oc6c(-c7ccccc7)cccc6c5c4)cc3)c3ccc(-c4ccc5sc6ccccc6c5c4)cc3)cc2-c2ccccc2)cc1. The van der Waals surface area contributed by atoms with Crippen LogP contribution in [0.4, 0.5) is 17.1 Å². The van der Waals surface area contributed by atoms with Crippen LogP contribution in [-0.4, -0.2) is 0 Å². The van der Waals surface area contributed by atoms with Crippen molar-refractivity contribution in [1.29, 1.82) is 0 Å². The number of hydrogen-bond acceptors (Lipinski definition) is 3. The molecular weight excluding hydrogens is 783 g/mol. The number of rotatable bonds is 8. The standard InChI is InChI=1S/C60H39NOS/c1-4-13-42(14-5-1)50-34-33-49(39-54(50)44-17-8-3-9-18-44)61(48-31-25-41(26-32-48)46-28-36-59-56(38-46)52-19-10-11-22-58(52)63-59)47-29-23-40(24-30-47)45-27-35-57-55(37-45)53-21-12-20-51(60(53)62-57)43-15-6-2-7-16-43/h1-39H. The van der Waals surface area contributed by atoms with Gasteiger partial charge in [0.1, 0.15) is 11.2 Å². The van der Waals surface area contributed by atoms with Gasteiger partial charge in [-0.3, -0.25) is 0 Å². The fraction of sp³-hybridized carbons (Fsp3) is 0. The van der Waals surface area contributed by atoms with Crippen LogP contribution in [0, 0.1) is 0 Å². The maximum absolute atomic E-state index is 6.52. The Kier molecular flexibility index (Phi) is 9.06. The summed E-state index contributed by atoms with van der Waals surface area (Å²) in [7, 11) is 0. The van der Waals surface area contributed by atoms with Crippen molar-refractivity contribution >= 4 is 70.5 Å². The third kappa shape index (κ3) is 6.67. The number of anilines is 3. The van der Waals surface area contributed by atoms with Crippen molar-refractivity contribution in [3.63, 3.8) is 0 Å². The molecule has 296 valence electrons. The maximum atomic E-state index is 6.52. The lowest BCUT2D eigenvalue weighted by atomic mass is 9.93. The molecule has 0 amide bonds. The topological polar surface area (TPSA) is 16.4 Å². The van der Waals surface area contributed by atoms with E-state index < -0.39 is 0 Å². The number of para-hydroxylation sites is 1. The van der Waals surface area contributed by atoms with Gasteiger partial charge in [0.25, 0.3) is 0 Å². The molecule has 0 fully saturated rings. The van der Waals surface area contributed by atoms with Crippen LogP contribution < -0.4 is 4.90 Å². The lowest BCUT2D eigenvalue weighted by molar-refractivity contribution is 0.670. The molecule has 2 heterocycles. The molecular formula is C60H39NOS. The van der Waals surface area contributed by atoms with E-state index in [1.807, 2.05) is 17.4 Å². The third-order valence-electron chi connectivity index (χ3n) is 12.3. The van der Waals surface area contributed by atoms with Gasteiger partial charge < -0.3 is 9.32 Å². The summed E-state index contributed by atoms with van der Waals surface area (Å²) in [4.78, 5) is 2.38. The first-order valence-corrected chi connectivity index (χ1v) is 22.2. The van der Waals surface area contributed by atoms with Crippen LogP contribution in [0.3, 0.4) is 0 Å². The average molecular weight is 822 g/mol. The van der Waals surface area contributed by atoms with Gasteiger partial charge in [0.05, 0.1) is 0 Å². The van der Waals surface area contributed by atoms with Crippen LogP contribution in [0.25, 0.3) is 97.7 Å². The second-order valence-corrected chi connectivity index (χ2v) is 17.1. The zero-order valence-electron chi connectivity index (χ0n) is 34.3. The van der Waals surface area contributed by atoms with Crippen LogP contribution in [0.5, 0.6) is 0 Å². The fourth-order valence-corrected chi connectivity index (χ4v) is 10.3. The van der Waals surface area contributed by atoms with Crippen molar-refractivity contribution in [2.24, 2.45) is 0 Å². The van der Waals surface area contributed by atoms with Crippen LogP contribution in [0.15, 0.2) is 241 Å². The lowest BCUT2D eigenvalue weighted by Gasteiger charge is -2.27. The molecule has 0 aliphatic rings. The van der Waals surface area contributed by atoms with E-state index >= 15 is 0 Å². The van der Waals surface area contributed by atoms with E-state index in [-0.39, 0.29) is 0 Å². The first-order chi connectivity index (χ1) is 31.2. The molecule has 3 heteroatoms. The quantitative estimate of drug-likeness (QED) is 0.152. The van der Waals surface area contributed by atoms with Gasteiger partial charge in [-0.15, -0.1) is 11.3 Å². The van der Waals surface area contributed by atoms with Crippen molar-refractivity contribution in [2.75, 3.05) is 4.90 Å². The Morgan fingerprint density at radius 1 is 0.286 bits per heavy atom. The number of furan rings is 1. The highest BCUT2D eigenvalue weighted by Gasteiger charge is 2.18. The molecule has 0 saturated carbocycles. The number of hydrogen-bond donors (Lipinski definition) is 0. The molecule has 0 aliphatic carbocycles. The first kappa shape index (κ1) is 36.8. The fourth-order valence-electron chi connectivity index (χ4n) is 9.18. The molecule has 0 atom stereocenters. The highest BCUT2D eigenvalue weighted by atomic mass is 32.1. The van der Waals surface area contributed by atoms with Crippen molar-refractivity contribution in [3.8, 4) is 55.6 Å². The lowest BCUT2D eigenvalue weighted by Crippen LogP contribution is -2.10. The van der Waals surface area contributed by atoms with Crippen LogP contribution in [-0.2, 0) is 0 Å². The summed E-state index contributed by atoms with van der Waals surface area (Å²) in [6.45, 7) is 0. The molecule has 0 radical (unpaired) electrons. The van der Waals surface area contributed by atoms with E-state index in [4.69, 9.17) is 4.42 Å². The van der Waals surface area contributed by atoms with Gasteiger partial charge in [0.2, 0.25) is 0 Å². The van der Waals surface area contributed by atoms with Gasteiger partial charge in [0, 0.05) is 53.6 Å². The molecule has 0 aliphatic heterocycles. The highest BCUT2D eigenvalue weighted by molar-refractivity contribution is 7.25. The minimum atomic E-state index is 0.889. The van der Waals surface area contributed by atoms with E-state index in [0.717, 1.165) is 61.3 Å². The number of benzene rings is 10. The minimum Gasteiger partial charge on any atom is -0.455 e. The Balaban J connectivity index is 0.956. The number of thiophene rings is 1. The van der Waals surface area contributed by atoms with Crippen LogP contribution >= 0.6 is 11.3 Å². The van der Waals surface area contributed by atoms with E-state index in [1.54, 1.807) is 0 Å². The monoisotopic (exact) mass is 821 g/mol. The zero-order valence-corrected chi connectivity index (χ0v) is 35.1. The smallest absolute Gasteiger partial charge is 0.143 e. The minimum absolute atomic E-state index is 0.889. The summed E-state index contributed by atoms with van der Waals surface area (Å²) >= 11 is 1.86. The highest BCUT2D eigenvalue weighted by Crippen LogP contribution is 2.43. The molecule has 12 rings (SSSR count). The van der Waals surface area contributed by atoms with E-state index in [1.165, 1.54) is 53.6 Å². The summed E-state index contributed by atoms with van der Waals surface area (Å²) in [6, 6.07) is 85.3. The maximum Gasteiger partial charge on any atom is 0.143 e. The summed E-state index contributed by atoms with van der Waals surface area (Å²) in [6.07, 6.45) is 0. The van der Waals surface area contributed by atoms with Crippen LogP contribution in [0.1, 0.15) is 0 Å². The van der Waals surface area contributed by atoms with Gasteiger partial charge in [0.15, 0.2) is 0 Å². The normalized spacial score (nSPS) is 11.5.